The summed E-state index contributed by atoms with van der Waals surface area (Å²) in [5.41, 5.74) is 1.12. The summed E-state index contributed by atoms with van der Waals surface area (Å²) in [5.74, 6) is -1.12. The van der Waals surface area contributed by atoms with E-state index in [1.54, 1.807) is 33.0 Å². The molecule has 1 aromatic carbocycles. The zero-order valence-electron chi connectivity index (χ0n) is 17.3. The minimum atomic E-state index is -1.87. The fraction of sp³-hybridized carbons (Fsp3) is 0.409. The van der Waals surface area contributed by atoms with E-state index in [9.17, 15) is 19.1 Å². The number of aryl methyl sites for hydroxylation is 2. The second kappa shape index (κ2) is 7.55. The van der Waals surface area contributed by atoms with Gasteiger partial charge in [0.15, 0.2) is 5.60 Å². The molecule has 0 saturated heterocycles. The van der Waals surface area contributed by atoms with Crippen molar-refractivity contribution >= 4 is 17.4 Å². The number of carbonyl (C=O) groups is 1. The Morgan fingerprint density at radius 2 is 1.93 bits per heavy atom. The Bertz CT molecular complexity index is 1090. The average Bonchev–Trinajstić information content (AvgIpc) is 2.69. The Labute approximate surface area is 168 Å². The van der Waals surface area contributed by atoms with E-state index in [1.807, 2.05) is 13.8 Å². The van der Waals surface area contributed by atoms with Gasteiger partial charge < -0.3 is 14.4 Å². The van der Waals surface area contributed by atoms with E-state index >= 15 is 0 Å². The molecule has 3 rings (SSSR count). The molecular weight excluding hydrogens is 375 g/mol. The van der Waals surface area contributed by atoms with Crippen molar-refractivity contribution in [3.05, 3.63) is 62.3 Å². The van der Waals surface area contributed by atoms with Crippen LogP contribution in [-0.2, 0) is 28.8 Å². The number of aliphatic imine (C=N–C) groups is 1. The number of benzene rings is 1. The topological polar surface area (TPSA) is 80.9 Å². The number of aromatic nitrogens is 1. The molecule has 0 aliphatic carbocycles. The quantitative estimate of drug-likeness (QED) is 0.631. The zero-order valence-corrected chi connectivity index (χ0v) is 17.3. The fourth-order valence-corrected chi connectivity index (χ4v) is 3.63. The Morgan fingerprint density at radius 3 is 2.55 bits per heavy atom. The predicted octanol–water partition coefficient (Wildman–Crippen LogP) is 3.33. The number of nitrogens with zero attached hydrogens (tertiary/aromatic N) is 2. The second-order valence-electron chi connectivity index (χ2n) is 7.38. The van der Waals surface area contributed by atoms with E-state index < -0.39 is 11.6 Å². The highest BCUT2D eigenvalue weighted by molar-refractivity contribution is 6.01. The Kier molecular flexibility index (Phi) is 5.45. The van der Waals surface area contributed by atoms with Crippen LogP contribution in [0, 0.1) is 19.7 Å². The number of halogens is 1. The second-order valence-corrected chi connectivity index (χ2v) is 7.38. The summed E-state index contributed by atoms with van der Waals surface area (Å²) in [5, 5.41) is 10.9. The van der Waals surface area contributed by atoms with Gasteiger partial charge in [-0.3, -0.25) is 9.79 Å². The maximum atomic E-state index is 14.1. The number of fused-ring (bicyclic) bond motifs is 1. The molecule has 0 bridgehead atoms. The van der Waals surface area contributed by atoms with Gasteiger partial charge in [0.25, 0.3) is 5.56 Å². The van der Waals surface area contributed by atoms with Gasteiger partial charge in [-0.25, -0.2) is 9.18 Å². The van der Waals surface area contributed by atoms with E-state index in [0.29, 0.717) is 29.1 Å². The molecule has 0 fully saturated rings. The maximum Gasteiger partial charge on any atom is 0.343 e. The van der Waals surface area contributed by atoms with Gasteiger partial charge in [-0.15, -0.1) is 0 Å². The van der Waals surface area contributed by atoms with Crippen molar-refractivity contribution in [2.45, 2.75) is 52.7 Å². The van der Waals surface area contributed by atoms with E-state index in [0.717, 1.165) is 5.56 Å². The molecule has 0 radical (unpaired) electrons. The number of carbonyl (C=O) groups excluding carboxylic acids is 1. The number of rotatable bonds is 4. The first-order chi connectivity index (χ1) is 13.6. The van der Waals surface area contributed by atoms with Crippen LogP contribution < -0.4 is 5.56 Å². The van der Waals surface area contributed by atoms with Crippen molar-refractivity contribution < 1.29 is 19.0 Å². The number of pyridine rings is 1. The van der Waals surface area contributed by atoms with Crippen molar-refractivity contribution in [3.8, 4) is 0 Å². The molecule has 2 heterocycles. The summed E-state index contributed by atoms with van der Waals surface area (Å²) >= 11 is 0. The van der Waals surface area contributed by atoms with Gasteiger partial charge in [0.2, 0.25) is 0 Å². The van der Waals surface area contributed by atoms with E-state index in [-0.39, 0.29) is 35.5 Å². The van der Waals surface area contributed by atoms with Crippen molar-refractivity contribution in [1.82, 2.24) is 4.57 Å². The number of aliphatic hydroxyl groups is 1. The molecule has 6 nitrogen and oxygen atoms in total. The molecule has 1 N–H and O–H groups in total. The molecule has 0 unspecified atom stereocenters. The van der Waals surface area contributed by atoms with Crippen LogP contribution in [0.25, 0.3) is 0 Å². The maximum absolute atomic E-state index is 14.1. The minimum Gasteiger partial charge on any atom is -0.458 e. The third-order valence-electron chi connectivity index (χ3n) is 5.54. The molecule has 1 atom stereocenters. The van der Waals surface area contributed by atoms with Crippen molar-refractivity contribution in [2.75, 3.05) is 0 Å². The van der Waals surface area contributed by atoms with Gasteiger partial charge in [0.05, 0.1) is 22.7 Å². The van der Waals surface area contributed by atoms with Gasteiger partial charge in [-0.05, 0) is 43.9 Å². The van der Waals surface area contributed by atoms with Crippen LogP contribution >= 0.6 is 0 Å². The first-order valence-corrected chi connectivity index (χ1v) is 9.61. The van der Waals surface area contributed by atoms with E-state index in [2.05, 4.69) is 4.99 Å². The molecule has 154 valence electrons. The van der Waals surface area contributed by atoms with Crippen LogP contribution in [-0.4, -0.2) is 21.4 Å². The predicted molar refractivity (Wildman–Crippen MR) is 108 cm³/mol. The summed E-state index contributed by atoms with van der Waals surface area (Å²) in [6.45, 7) is 6.89. The van der Waals surface area contributed by atoms with Crippen LogP contribution in [0.2, 0.25) is 0 Å². The minimum absolute atomic E-state index is 0.0757. The Hall–Kier alpha value is -2.80. The highest BCUT2D eigenvalue weighted by atomic mass is 19.1. The summed E-state index contributed by atoms with van der Waals surface area (Å²) < 4.78 is 20.5. The first-order valence-electron chi connectivity index (χ1n) is 9.61. The van der Waals surface area contributed by atoms with Crippen LogP contribution in [0.5, 0.6) is 0 Å². The third-order valence-corrected chi connectivity index (χ3v) is 5.54. The van der Waals surface area contributed by atoms with Crippen LogP contribution in [0.4, 0.5) is 10.1 Å². The molecule has 29 heavy (non-hydrogen) atoms. The van der Waals surface area contributed by atoms with Crippen LogP contribution in [0.15, 0.2) is 28.0 Å². The normalized spacial score (nSPS) is 19.1. The smallest absolute Gasteiger partial charge is 0.343 e. The Balaban J connectivity index is 2.25. The number of ether oxygens (including phenoxy) is 1. The summed E-state index contributed by atoms with van der Waals surface area (Å²) in [6, 6.07) is 4.72. The molecule has 0 spiro atoms. The van der Waals surface area contributed by atoms with Gasteiger partial charge >= 0.3 is 5.97 Å². The largest absolute Gasteiger partial charge is 0.458 e. The van der Waals surface area contributed by atoms with Crippen molar-refractivity contribution in [1.29, 1.82) is 0 Å². The van der Waals surface area contributed by atoms with Gasteiger partial charge in [-0.1, -0.05) is 19.9 Å². The lowest BCUT2D eigenvalue weighted by molar-refractivity contribution is -0.172. The number of hydrogen-bond acceptors (Lipinski definition) is 5. The van der Waals surface area contributed by atoms with Gasteiger partial charge in [0, 0.05) is 18.7 Å². The van der Waals surface area contributed by atoms with Crippen molar-refractivity contribution in [3.63, 3.8) is 0 Å². The van der Waals surface area contributed by atoms with E-state index in [1.165, 1.54) is 10.6 Å². The highest BCUT2D eigenvalue weighted by Crippen LogP contribution is 2.34. The fourth-order valence-electron chi connectivity index (χ4n) is 3.63. The molecule has 2 aromatic rings. The standard InChI is InChI=1S/C22H25FN2O4/c1-6-17(24-18-10-16(23)12(3)8-13(18)4)19-9-15-14(20(26)25(19)5)11-29-21(27)22(15,28)7-2/h8-10,28H,6-7,11H2,1-5H3/t22-/m0/s1. The molecule has 0 amide bonds. The van der Waals surface area contributed by atoms with Gasteiger partial charge in [0.1, 0.15) is 12.4 Å². The molecule has 0 saturated carbocycles. The molecule has 1 aliphatic rings. The summed E-state index contributed by atoms with van der Waals surface area (Å²) in [6.07, 6.45) is 0.544. The molecule has 7 heteroatoms. The number of cyclic esters (lactones) is 1. The number of esters is 1. The van der Waals surface area contributed by atoms with Crippen molar-refractivity contribution in [2.24, 2.45) is 12.0 Å². The summed E-state index contributed by atoms with van der Waals surface area (Å²) in [4.78, 5) is 29.7. The lowest BCUT2D eigenvalue weighted by Crippen LogP contribution is -2.45. The lowest BCUT2D eigenvalue weighted by atomic mass is 9.85. The SMILES string of the molecule is CCC(=Nc1cc(F)c(C)cc1C)c1cc2c(c(=O)n1C)COC(=O)[C@]2(O)CC. The molecular formula is C22H25FN2O4. The Morgan fingerprint density at radius 1 is 1.24 bits per heavy atom. The van der Waals surface area contributed by atoms with Crippen LogP contribution in [0.1, 0.15) is 54.6 Å². The first kappa shape index (κ1) is 20.9. The summed E-state index contributed by atoms with van der Waals surface area (Å²) in [7, 11) is 1.60. The average molecular weight is 400 g/mol. The third kappa shape index (κ3) is 3.40. The molecule has 1 aliphatic heterocycles. The lowest BCUT2D eigenvalue weighted by Gasteiger charge is -2.32. The zero-order chi connectivity index (χ0) is 21.5. The van der Waals surface area contributed by atoms with Gasteiger partial charge in [-0.2, -0.15) is 0 Å². The molecule has 1 aromatic heterocycles. The number of hydrogen-bond donors (Lipinski definition) is 1. The van der Waals surface area contributed by atoms with E-state index in [4.69, 9.17) is 4.74 Å². The van der Waals surface area contributed by atoms with Crippen LogP contribution in [0.3, 0.4) is 0 Å². The monoisotopic (exact) mass is 400 g/mol. The highest BCUT2D eigenvalue weighted by Gasteiger charge is 2.44.